The zero-order chi connectivity index (χ0) is 51.7. The number of aliphatic hydroxyl groups excluding tert-OH is 6. The summed E-state index contributed by atoms with van der Waals surface area (Å²) >= 11 is 0. The molecule has 71 heavy (non-hydrogen) atoms. The monoisotopic (exact) mass is 1000 g/mol. The number of aliphatic hydroxyl groups is 6. The average molecular weight is 1000 g/mol. The van der Waals surface area contributed by atoms with Crippen LogP contribution < -0.4 is 5.32 Å². The van der Waals surface area contributed by atoms with E-state index in [4.69, 9.17) is 9.47 Å². The molecule has 10 nitrogen and oxygen atoms in total. The molecule has 0 aliphatic carbocycles. The number of carbonyl (C=O) groups excluding carboxylic acids is 1. The van der Waals surface area contributed by atoms with E-state index in [9.17, 15) is 35.4 Å². The van der Waals surface area contributed by atoms with Crippen LogP contribution in [-0.2, 0) is 14.3 Å². The SMILES string of the molecule is CCCCCC/C=C/CC/C=C/CC/C=C/C(O)C(COC1OC(CO)C(O)C(O)C1O)NC(=O)C(O)CCCCCCCCCCCCCCCCCC/C=C\CCCCCCCCCCCCCC. The van der Waals surface area contributed by atoms with Gasteiger partial charge in [0.05, 0.1) is 25.4 Å². The Morgan fingerprint density at radius 3 is 1.24 bits per heavy atom. The van der Waals surface area contributed by atoms with Crippen LogP contribution in [0.5, 0.6) is 0 Å². The molecule has 416 valence electrons. The summed E-state index contributed by atoms with van der Waals surface area (Å²) in [4.78, 5) is 13.1. The molecule has 0 bridgehead atoms. The lowest BCUT2D eigenvalue weighted by molar-refractivity contribution is -0.302. The molecular weight excluding hydrogens is 891 g/mol. The molecule has 0 radical (unpaired) electrons. The van der Waals surface area contributed by atoms with Gasteiger partial charge in [0.25, 0.3) is 0 Å². The van der Waals surface area contributed by atoms with E-state index >= 15 is 0 Å². The Hall–Kier alpha value is -1.89. The summed E-state index contributed by atoms with van der Waals surface area (Å²) in [6, 6.07) is -1.00. The smallest absolute Gasteiger partial charge is 0.249 e. The molecule has 0 saturated carbocycles. The van der Waals surface area contributed by atoms with E-state index in [1.165, 1.54) is 193 Å². The van der Waals surface area contributed by atoms with Crippen molar-refractivity contribution in [2.45, 2.75) is 320 Å². The molecule has 0 aromatic carbocycles. The number of hydrogen-bond donors (Lipinski definition) is 7. The molecule has 1 heterocycles. The normalized spacial score (nSPS) is 20.0. The third-order valence-corrected chi connectivity index (χ3v) is 14.2. The maximum atomic E-state index is 13.1. The number of unbranched alkanes of at least 4 members (excludes halogenated alkanes) is 34. The zero-order valence-corrected chi connectivity index (χ0v) is 45.8. The fourth-order valence-electron chi connectivity index (χ4n) is 9.37. The van der Waals surface area contributed by atoms with Crippen molar-refractivity contribution >= 4 is 5.91 Å². The molecule has 1 aliphatic rings. The topological polar surface area (TPSA) is 169 Å². The van der Waals surface area contributed by atoms with Gasteiger partial charge < -0.3 is 45.4 Å². The standard InChI is InChI=1S/C61H113NO9/c1-3-5-7-9-11-13-15-17-19-20-21-22-23-24-25-26-27-28-29-30-31-32-33-34-35-36-38-40-42-44-46-48-50-55(65)60(69)62-53(52-70-61-59(68)58(67)57(66)56(51-63)71-61)54(64)49-47-45-43-41-39-37-18-16-14-12-10-8-6-4-2/h14,16,24-25,39,41,47,49,53-59,61,63-68H,3-13,15,17-23,26-38,40,42-46,48,50-52H2,1-2H3,(H,62,69)/b16-14+,25-24-,41-39+,49-47+. The lowest BCUT2D eigenvalue weighted by atomic mass is 9.99. The van der Waals surface area contributed by atoms with E-state index in [0.717, 1.165) is 44.9 Å². The van der Waals surface area contributed by atoms with E-state index in [1.807, 2.05) is 6.08 Å². The number of nitrogens with one attached hydrogen (secondary N) is 1. The fraction of sp³-hybridized carbons (Fsp3) is 0.852. The van der Waals surface area contributed by atoms with Crippen molar-refractivity contribution in [1.82, 2.24) is 5.32 Å². The predicted octanol–water partition coefficient (Wildman–Crippen LogP) is 13.9. The van der Waals surface area contributed by atoms with Gasteiger partial charge in [-0.05, 0) is 70.6 Å². The Kier molecular flexibility index (Phi) is 47.5. The van der Waals surface area contributed by atoms with Gasteiger partial charge >= 0.3 is 0 Å². The van der Waals surface area contributed by atoms with Crippen LogP contribution in [0.25, 0.3) is 0 Å². The Labute approximate surface area is 436 Å². The minimum atomic E-state index is -1.62. The van der Waals surface area contributed by atoms with Crippen molar-refractivity contribution in [2.24, 2.45) is 0 Å². The summed E-state index contributed by atoms with van der Waals surface area (Å²) in [7, 11) is 0. The molecular formula is C61H113NO9. The first-order valence-electron chi connectivity index (χ1n) is 30.0. The van der Waals surface area contributed by atoms with Crippen molar-refractivity contribution in [2.75, 3.05) is 13.2 Å². The number of carbonyl (C=O) groups is 1. The summed E-state index contributed by atoms with van der Waals surface area (Å²) in [6.45, 7) is 3.59. The lowest BCUT2D eigenvalue weighted by Gasteiger charge is -2.40. The second-order valence-electron chi connectivity index (χ2n) is 20.9. The molecule has 8 atom stereocenters. The first-order chi connectivity index (χ1) is 34.8. The molecule has 0 aromatic rings. The third kappa shape index (κ3) is 39.2. The van der Waals surface area contributed by atoms with Gasteiger partial charge in [0, 0.05) is 0 Å². The van der Waals surface area contributed by atoms with Crippen LogP contribution in [0.1, 0.15) is 271 Å². The van der Waals surface area contributed by atoms with E-state index in [2.05, 4.69) is 55.6 Å². The van der Waals surface area contributed by atoms with Crippen LogP contribution in [-0.4, -0.2) is 98.7 Å². The van der Waals surface area contributed by atoms with Gasteiger partial charge in [-0.3, -0.25) is 4.79 Å². The van der Waals surface area contributed by atoms with Crippen LogP contribution in [0.2, 0.25) is 0 Å². The number of allylic oxidation sites excluding steroid dienone is 7. The minimum Gasteiger partial charge on any atom is -0.394 e. The second-order valence-corrected chi connectivity index (χ2v) is 20.9. The lowest BCUT2D eigenvalue weighted by Crippen LogP contribution is -2.60. The Morgan fingerprint density at radius 1 is 0.479 bits per heavy atom. The predicted molar refractivity (Wildman–Crippen MR) is 296 cm³/mol. The van der Waals surface area contributed by atoms with E-state index in [-0.39, 0.29) is 6.61 Å². The van der Waals surface area contributed by atoms with Gasteiger partial charge in [0.1, 0.15) is 30.5 Å². The molecule has 1 fully saturated rings. The summed E-state index contributed by atoms with van der Waals surface area (Å²) < 4.78 is 11.2. The maximum absolute atomic E-state index is 13.1. The van der Waals surface area contributed by atoms with E-state index < -0.39 is 61.5 Å². The van der Waals surface area contributed by atoms with Crippen molar-refractivity contribution in [3.63, 3.8) is 0 Å². The quantitative estimate of drug-likeness (QED) is 0.0232. The fourth-order valence-corrected chi connectivity index (χ4v) is 9.37. The van der Waals surface area contributed by atoms with Crippen LogP contribution in [0.4, 0.5) is 0 Å². The maximum Gasteiger partial charge on any atom is 0.249 e. The first kappa shape index (κ1) is 67.1. The van der Waals surface area contributed by atoms with Gasteiger partial charge in [0.15, 0.2) is 6.29 Å². The van der Waals surface area contributed by atoms with Crippen LogP contribution in [0, 0.1) is 0 Å². The van der Waals surface area contributed by atoms with E-state index in [0.29, 0.717) is 19.3 Å². The zero-order valence-electron chi connectivity index (χ0n) is 45.8. The Balaban J connectivity index is 2.17. The molecule has 1 amide bonds. The molecule has 7 N–H and O–H groups in total. The van der Waals surface area contributed by atoms with Gasteiger partial charge in [-0.1, -0.05) is 249 Å². The highest BCUT2D eigenvalue weighted by atomic mass is 16.7. The molecule has 0 spiro atoms. The van der Waals surface area contributed by atoms with Gasteiger partial charge in [-0.25, -0.2) is 0 Å². The van der Waals surface area contributed by atoms with Crippen LogP contribution in [0.15, 0.2) is 48.6 Å². The highest BCUT2D eigenvalue weighted by molar-refractivity contribution is 5.80. The average Bonchev–Trinajstić information content (AvgIpc) is 3.37. The molecule has 10 heteroatoms. The van der Waals surface area contributed by atoms with Gasteiger partial charge in [-0.2, -0.15) is 0 Å². The van der Waals surface area contributed by atoms with Crippen molar-refractivity contribution < 1.29 is 44.9 Å². The summed E-state index contributed by atoms with van der Waals surface area (Å²) in [6.07, 6.45) is 56.7. The first-order valence-corrected chi connectivity index (χ1v) is 30.0. The number of ether oxygens (including phenoxy) is 2. The third-order valence-electron chi connectivity index (χ3n) is 14.2. The molecule has 1 aliphatic heterocycles. The Bertz CT molecular complexity index is 1270. The minimum absolute atomic E-state index is 0.302. The van der Waals surface area contributed by atoms with Crippen molar-refractivity contribution in [3.05, 3.63) is 48.6 Å². The Morgan fingerprint density at radius 2 is 0.831 bits per heavy atom. The molecule has 8 unspecified atom stereocenters. The number of amides is 1. The van der Waals surface area contributed by atoms with Gasteiger partial charge in [0.2, 0.25) is 5.91 Å². The largest absolute Gasteiger partial charge is 0.394 e. The highest BCUT2D eigenvalue weighted by Gasteiger charge is 2.44. The van der Waals surface area contributed by atoms with Crippen molar-refractivity contribution in [1.29, 1.82) is 0 Å². The summed E-state index contributed by atoms with van der Waals surface area (Å²) in [5.74, 6) is -0.629. The van der Waals surface area contributed by atoms with E-state index in [1.54, 1.807) is 6.08 Å². The highest BCUT2D eigenvalue weighted by Crippen LogP contribution is 2.23. The summed E-state index contributed by atoms with van der Waals surface area (Å²) in [5, 5.41) is 64.9. The molecule has 1 saturated heterocycles. The molecule has 1 rings (SSSR count). The number of hydrogen-bond acceptors (Lipinski definition) is 9. The van der Waals surface area contributed by atoms with Crippen LogP contribution in [0.3, 0.4) is 0 Å². The molecule has 0 aromatic heterocycles. The number of rotatable bonds is 51. The second kappa shape index (κ2) is 50.3. The summed E-state index contributed by atoms with van der Waals surface area (Å²) in [5.41, 5.74) is 0. The van der Waals surface area contributed by atoms with Gasteiger partial charge in [-0.15, -0.1) is 0 Å². The van der Waals surface area contributed by atoms with Crippen molar-refractivity contribution in [3.8, 4) is 0 Å². The van der Waals surface area contributed by atoms with Crippen LogP contribution >= 0.6 is 0 Å².